The van der Waals surface area contributed by atoms with E-state index in [0.717, 1.165) is 28.1 Å². The standard InChI is InChI=1S/C23H24N2O2/c1-16-10-9-12-18(21(16)27-20-14-7-8-15-24-20)17-11-5-6-13-19(17)25-22(26)23(2,3)4/h5-15H,1-4H3,(H,25,26). The molecule has 0 unspecified atom stereocenters. The predicted molar refractivity (Wildman–Crippen MR) is 109 cm³/mol. The zero-order valence-corrected chi connectivity index (χ0v) is 16.1. The van der Waals surface area contributed by atoms with Crippen molar-refractivity contribution in [1.29, 1.82) is 0 Å². The molecule has 0 saturated carbocycles. The van der Waals surface area contributed by atoms with Crippen molar-refractivity contribution < 1.29 is 9.53 Å². The number of nitrogens with one attached hydrogen (secondary N) is 1. The number of aryl methyl sites for hydroxylation is 1. The number of nitrogens with zero attached hydrogens (tertiary/aromatic N) is 1. The van der Waals surface area contributed by atoms with E-state index in [1.54, 1.807) is 6.20 Å². The van der Waals surface area contributed by atoms with Crippen LogP contribution in [0.15, 0.2) is 66.9 Å². The summed E-state index contributed by atoms with van der Waals surface area (Å²) in [6.07, 6.45) is 1.70. The van der Waals surface area contributed by atoms with Gasteiger partial charge in [-0.3, -0.25) is 4.79 Å². The van der Waals surface area contributed by atoms with E-state index in [0.29, 0.717) is 5.88 Å². The van der Waals surface area contributed by atoms with Gasteiger partial charge in [-0.25, -0.2) is 4.98 Å². The third-order valence-electron chi connectivity index (χ3n) is 4.20. The molecule has 1 N–H and O–H groups in total. The molecule has 0 bridgehead atoms. The van der Waals surface area contributed by atoms with Crippen LogP contribution in [0.1, 0.15) is 26.3 Å². The molecule has 0 aliphatic heterocycles. The van der Waals surface area contributed by atoms with Gasteiger partial charge in [0.15, 0.2) is 0 Å². The van der Waals surface area contributed by atoms with Crippen molar-refractivity contribution in [3.05, 3.63) is 72.4 Å². The Hall–Kier alpha value is -3.14. The van der Waals surface area contributed by atoms with Crippen molar-refractivity contribution in [2.45, 2.75) is 27.7 Å². The minimum atomic E-state index is -0.479. The number of carbonyl (C=O) groups excluding carboxylic acids is 1. The van der Waals surface area contributed by atoms with Gasteiger partial charge >= 0.3 is 0 Å². The number of para-hydroxylation sites is 2. The Kier molecular flexibility index (Phi) is 5.26. The second-order valence-corrected chi connectivity index (χ2v) is 7.47. The highest BCUT2D eigenvalue weighted by molar-refractivity contribution is 5.98. The first kappa shape index (κ1) is 18.6. The van der Waals surface area contributed by atoms with Crippen LogP contribution in [0.5, 0.6) is 11.6 Å². The van der Waals surface area contributed by atoms with E-state index in [9.17, 15) is 4.79 Å². The molecule has 0 atom stereocenters. The smallest absolute Gasteiger partial charge is 0.229 e. The minimum Gasteiger partial charge on any atom is -0.438 e. The predicted octanol–water partition coefficient (Wildman–Crippen LogP) is 5.83. The number of rotatable bonds is 4. The summed E-state index contributed by atoms with van der Waals surface area (Å²) in [7, 11) is 0. The lowest BCUT2D eigenvalue weighted by Gasteiger charge is -2.20. The van der Waals surface area contributed by atoms with Gasteiger partial charge in [0, 0.05) is 34.5 Å². The van der Waals surface area contributed by atoms with E-state index in [4.69, 9.17) is 4.74 Å². The number of aromatic nitrogens is 1. The summed E-state index contributed by atoms with van der Waals surface area (Å²) >= 11 is 0. The van der Waals surface area contributed by atoms with Crippen molar-refractivity contribution in [3.8, 4) is 22.8 Å². The largest absolute Gasteiger partial charge is 0.438 e. The summed E-state index contributed by atoms with van der Waals surface area (Å²) in [6, 6.07) is 19.3. The highest BCUT2D eigenvalue weighted by Gasteiger charge is 2.23. The van der Waals surface area contributed by atoms with E-state index in [2.05, 4.69) is 10.3 Å². The molecule has 0 saturated heterocycles. The Morgan fingerprint density at radius 1 is 0.926 bits per heavy atom. The van der Waals surface area contributed by atoms with Crippen LogP contribution >= 0.6 is 0 Å². The van der Waals surface area contributed by atoms with Gasteiger partial charge in [-0.15, -0.1) is 0 Å². The molecule has 4 heteroatoms. The normalized spacial score (nSPS) is 11.1. The highest BCUT2D eigenvalue weighted by atomic mass is 16.5. The van der Waals surface area contributed by atoms with Crippen molar-refractivity contribution in [3.63, 3.8) is 0 Å². The quantitative estimate of drug-likeness (QED) is 0.636. The van der Waals surface area contributed by atoms with Gasteiger partial charge in [-0.05, 0) is 24.6 Å². The van der Waals surface area contributed by atoms with Crippen LogP contribution in [0.3, 0.4) is 0 Å². The van der Waals surface area contributed by atoms with Gasteiger partial charge in [0.1, 0.15) is 5.75 Å². The summed E-state index contributed by atoms with van der Waals surface area (Å²) in [5.74, 6) is 1.23. The fraction of sp³-hybridized carbons (Fsp3) is 0.217. The summed E-state index contributed by atoms with van der Waals surface area (Å²) < 4.78 is 6.10. The molecule has 138 valence electrons. The average Bonchev–Trinajstić information content (AvgIpc) is 2.64. The molecule has 0 radical (unpaired) electrons. The summed E-state index contributed by atoms with van der Waals surface area (Å²) in [6.45, 7) is 7.69. The van der Waals surface area contributed by atoms with Crippen molar-refractivity contribution in [2.75, 3.05) is 5.32 Å². The molecular weight excluding hydrogens is 336 g/mol. The lowest BCUT2D eigenvalue weighted by atomic mass is 9.94. The maximum absolute atomic E-state index is 12.5. The van der Waals surface area contributed by atoms with Gasteiger partial charge < -0.3 is 10.1 Å². The highest BCUT2D eigenvalue weighted by Crippen LogP contribution is 2.39. The Bertz CT molecular complexity index is 944. The fourth-order valence-corrected chi connectivity index (χ4v) is 2.65. The maximum atomic E-state index is 12.5. The van der Waals surface area contributed by atoms with Gasteiger partial charge in [0.25, 0.3) is 0 Å². The van der Waals surface area contributed by atoms with E-state index in [1.165, 1.54) is 0 Å². The lowest BCUT2D eigenvalue weighted by molar-refractivity contribution is -0.123. The number of carbonyl (C=O) groups is 1. The fourth-order valence-electron chi connectivity index (χ4n) is 2.65. The van der Waals surface area contributed by atoms with E-state index in [1.807, 2.05) is 88.4 Å². The molecule has 3 rings (SSSR count). The second-order valence-electron chi connectivity index (χ2n) is 7.47. The Balaban J connectivity index is 2.05. The van der Waals surface area contributed by atoms with Crippen LogP contribution < -0.4 is 10.1 Å². The molecule has 4 nitrogen and oxygen atoms in total. The van der Waals surface area contributed by atoms with Crippen molar-refractivity contribution >= 4 is 11.6 Å². The zero-order valence-electron chi connectivity index (χ0n) is 16.1. The number of ether oxygens (including phenoxy) is 1. The monoisotopic (exact) mass is 360 g/mol. The van der Waals surface area contributed by atoms with Crippen molar-refractivity contribution in [1.82, 2.24) is 4.98 Å². The van der Waals surface area contributed by atoms with Gasteiger partial charge in [-0.1, -0.05) is 63.2 Å². The molecule has 0 fully saturated rings. The van der Waals surface area contributed by atoms with Crippen LogP contribution in [0.4, 0.5) is 5.69 Å². The molecule has 1 amide bonds. The summed E-state index contributed by atoms with van der Waals surface area (Å²) in [5, 5.41) is 3.05. The first-order valence-corrected chi connectivity index (χ1v) is 8.95. The SMILES string of the molecule is Cc1cccc(-c2ccccc2NC(=O)C(C)(C)C)c1Oc1ccccn1. The number of amides is 1. The molecule has 0 aliphatic carbocycles. The van der Waals surface area contributed by atoms with E-state index >= 15 is 0 Å². The third-order valence-corrected chi connectivity index (χ3v) is 4.20. The minimum absolute atomic E-state index is 0.0326. The van der Waals surface area contributed by atoms with Crippen LogP contribution in [0.25, 0.3) is 11.1 Å². The number of hydrogen-bond donors (Lipinski definition) is 1. The van der Waals surface area contributed by atoms with Crippen LogP contribution in [0.2, 0.25) is 0 Å². The number of anilines is 1. The average molecular weight is 360 g/mol. The van der Waals surface area contributed by atoms with Gasteiger partial charge in [0.05, 0.1) is 0 Å². The lowest BCUT2D eigenvalue weighted by Crippen LogP contribution is -2.27. The Labute approximate surface area is 160 Å². The molecule has 1 aromatic heterocycles. The molecule has 0 spiro atoms. The van der Waals surface area contributed by atoms with Crippen LogP contribution in [-0.4, -0.2) is 10.9 Å². The van der Waals surface area contributed by atoms with Gasteiger partial charge in [0.2, 0.25) is 11.8 Å². The number of hydrogen-bond acceptors (Lipinski definition) is 3. The first-order valence-electron chi connectivity index (χ1n) is 8.95. The topological polar surface area (TPSA) is 51.2 Å². The second kappa shape index (κ2) is 7.62. The maximum Gasteiger partial charge on any atom is 0.229 e. The molecule has 27 heavy (non-hydrogen) atoms. The third kappa shape index (κ3) is 4.34. The van der Waals surface area contributed by atoms with E-state index < -0.39 is 5.41 Å². The molecule has 1 heterocycles. The number of benzene rings is 2. The number of pyridine rings is 1. The zero-order chi connectivity index (χ0) is 19.4. The Morgan fingerprint density at radius 3 is 2.33 bits per heavy atom. The summed E-state index contributed by atoms with van der Waals surface area (Å²) in [5.41, 5.74) is 3.09. The van der Waals surface area contributed by atoms with Crippen LogP contribution in [-0.2, 0) is 4.79 Å². The molecule has 3 aromatic rings. The molecule has 0 aliphatic rings. The van der Waals surface area contributed by atoms with Gasteiger partial charge in [-0.2, -0.15) is 0 Å². The molecular formula is C23H24N2O2. The van der Waals surface area contributed by atoms with Crippen molar-refractivity contribution in [2.24, 2.45) is 5.41 Å². The summed E-state index contributed by atoms with van der Waals surface area (Å²) in [4.78, 5) is 16.8. The first-order chi connectivity index (χ1) is 12.9. The Morgan fingerprint density at radius 2 is 1.63 bits per heavy atom. The van der Waals surface area contributed by atoms with E-state index in [-0.39, 0.29) is 5.91 Å². The molecule has 2 aromatic carbocycles. The van der Waals surface area contributed by atoms with Crippen LogP contribution in [0, 0.1) is 12.3 Å².